The van der Waals surface area contributed by atoms with Gasteiger partial charge in [-0.05, 0) is 24.3 Å². The van der Waals surface area contributed by atoms with Crippen LogP contribution in [0, 0.1) is 0 Å². The fourth-order valence-corrected chi connectivity index (χ4v) is 2.94. The highest BCUT2D eigenvalue weighted by atomic mass is 79.9. The van der Waals surface area contributed by atoms with Gasteiger partial charge in [0.15, 0.2) is 6.21 Å². The van der Waals surface area contributed by atoms with Gasteiger partial charge in [0.05, 0.1) is 11.1 Å². The maximum absolute atomic E-state index is 3.48. The van der Waals surface area contributed by atoms with E-state index in [2.05, 4.69) is 86.0 Å². The molecule has 1 aliphatic heterocycles. The molecule has 2 nitrogen and oxygen atoms in total. The molecule has 2 heterocycles. The SMILES string of the molecule is Brc1ccc([N+]2=Cc3cccc4ccn(c34)C2)cc1. The lowest BCUT2D eigenvalue weighted by atomic mass is 10.1. The summed E-state index contributed by atoms with van der Waals surface area (Å²) in [5.41, 5.74) is 3.81. The van der Waals surface area contributed by atoms with Gasteiger partial charge in [0, 0.05) is 28.2 Å². The van der Waals surface area contributed by atoms with Crippen LogP contribution in [0.2, 0.25) is 0 Å². The molecule has 3 heteroatoms. The first-order valence-corrected chi connectivity index (χ1v) is 7.05. The minimum Gasteiger partial charge on any atom is -0.291 e. The molecule has 3 aromatic rings. The van der Waals surface area contributed by atoms with Crippen molar-refractivity contribution in [2.24, 2.45) is 0 Å². The summed E-state index contributed by atoms with van der Waals surface area (Å²) >= 11 is 3.48. The van der Waals surface area contributed by atoms with Gasteiger partial charge in [-0.25, -0.2) is 0 Å². The lowest BCUT2D eigenvalue weighted by molar-refractivity contribution is -0.471. The van der Waals surface area contributed by atoms with Crippen LogP contribution in [0.3, 0.4) is 0 Å². The molecule has 19 heavy (non-hydrogen) atoms. The average molecular weight is 312 g/mol. The van der Waals surface area contributed by atoms with Crippen molar-refractivity contribution in [3.8, 4) is 0 Å². The third-order valence-corrected chi connectivity index (χ3v) is 4.11. The van der Waals surface area contributed by atoms with E-state index in [-0.39, 0.29) is 0 Å². The summed E-state index contributed by atoms with van der Waals surface area (Å²) in [7, 11) is 0. The number of aromatic nitrogens is 1. The van der Waals surface area contributed by atoms with Gasteiger partial charge in [0.2, 0.25) is 12.4 Å². The van der Waals surface area contributed by atoms with E-state index in [0.717, 1.165) is 11.1 Å². The van der Waals surface area contributed by atoms with Crippen LogP contribution < -0.4 is 0 Å². The lowest BCUT2D eigenvalue weighted by Crippen LogP contribution is -2.18. The fraction of sp³-hybridized carbons (Fsp3) is 0.0625. The quantitative estimate of drug-likeness (QED) is 0.597. The molecule has 0 saturated heterocycles. The van der Waals surface area contributed by atoms with Crippen molar-refractivity contribution >= 4 is 38.7 Å². The largest absolute Gasteiger partial charge is 0.291 e. The molecular weight excluding hydrogens is 300 g/mol. The highest BCUT2D eigenvalue weighted by molar-refractivity contribution is 9.10. The molecule has 0 unspecified atom stereocenters. The van der Waals surface area contributed by atoms with E-state index < -0.39 is 0 Å². The molecule has 0 saturated carbocycles. The van der Waals surface area contributed by atoms with Crippen LogP contribution in [-0.2, 0) is 6.67 Å². The summed E-state index contributed by atoms with van der Waals surface area (Å²) in [6, 6.07) is 17.1. The zero-order valence-electron chi connectivity index (χ0n) is 10.3. The first-order chi connectivity index (χ1) is 9.31. The molecule has 1 aliphatic rings. The lowest BCUT2D eigenvalue weighted by Gasteiger charge is -2.12. The molecule has 0 bridgehead atoms. The summed E-state index contributed by atoms with van der Waals surface area (Å²) in [5, 5.41) is 1.31. The number of para-hydroxylation sites is 1. The van der Waals surface area contributed by atoms with E-state index in [1.807, 2.05) is 0 Å². The van der Waals surface area contributed by atoms with E-state index in [1.165, 1.54) is 22.2 Å². The van der Waals surface area contributed by atoms with Gasteiger partial charge in [0.25, 0.3) is 0 Å². The molecule has 4 rings (SSSR count). The number of halogens is 1. The second-order valence-electron chi connectivity index (χ2n) is 4.79. The Bertz CT molecular complexity index is 797. The van der Waals surface area contributed by atoms with Crippen LogP contribution >= 0.6 is 15.9 Å². The Balaban J connectivity index is 1.89. The van der Waals surface area contributed by atoms with Crippen molar-refractivity contribution in [2.45, 2.75) is 6.67 Å². The Morgan fingerprint density at radius 2 is 1.84 bits per heavy atom. The normalized spacial score (nSPS) is 13.6. The second kappa shape index (κ2) is 4.07. The van der Waals surface area contributed by atoms with E-state index >= 15 is 0 Å². The number of benzene rings is 2. The number of rotatable bonds is 1. The molecule has 2 aromatic carbocycles. The highest BCUT2D eigenvalue weighted by Gasteiger charge is 2.19. The van der Waals surface area contributed by atoms with Gasteiger partial charge >= 0.3 is 0 Å². The summed E-state index contributed by atoms with van der Waals surface area (Å²) in [6.07, 6.45) is 4.39. The van der Waals surface area contributed by atoms with Crippen LogP contribution in [0.15, 0.2) is 59.2 Å². The van der Waals surface area contributed by atoms with Gasteiger partial charge in [-0.15, -0.1) is 0 Å². The number of hydrogen-bond acceptors (Lipinski definition) is 0. The Hall–Kier alpha value is -1.87. The Kier molecular flexibility index (Phi) is 2.35. The maximum atomic E-state index is 3.48. The third-order valence-electron chi connectivity index (χ3n) is 3.58. The first-order valence-electron chi connectivity index (χ1n) is 6.26. The first kappa shape index (κ1) is 11.0. The zero-order valence-corrected chi connectivity index (χ0v) is 11.8. The van der Waals surface area contributed by atoms with Crippen LogP contribution in [0.25, 0.3) is 10.9 Å². The molecule has 0 atom stereocenters. The maximum Gasteiger partial charge on any atom is 0.228 e. The number of nitrogens with zero attached hydrogens (tertiary/aromatic N) is 2. The predicted molar refractivity (Wildman–Crippen MR) is 81.2 cm³/mol. The molecular formula is C16H12BrN2+. The van der Waals surface area contributed by atoms with E-state index in [9.17, 15) is 0 Å². The number of hydrogen-bond donors (Lipinski definition) is 0. The molecule has 0 aliphatic carbocycles. The van der Waals surface area contributed by atoms with Crippen molar-refractivity contribution in [1.29, 1.82) is 0 Å². The molecule has 0 fully saturated rings. The van der Waals surface area contributed by atoms with Crippen LogP contribution in [0.1, 0.15) is 5.56 Å². The van der Waals surface area contributed by atoms with Crippen LogP contribution in [0.5, 0.6) is 0 Å². The average Bonchev–Trinajstić information content (AvgIpc) is 2.85. The van der Waals surface area contributed by atoms with Gasteiger partial charge in [0.1, 0.15) is 0 Å². The second-order valence-corrected chi connectivity index (χ2v) is 5.70. The van der Waals surface area contributed by atoms with Crippen molar-refractivity contribution in [1.82, 2.24) is 4.57 Å². The van der Waals surface area contributed by atoms with Gasteiger partial charge < -0.3 is 0 Å². The van der Waals surface area contributed by atoms with Crippen molar-refractivity contribution < 1.29 is 4.58 Å². The minimum absolute atomic E-state index is 0.863. The Morgan fingerprint density at radius 1 is 1.00 bits per heavy atom. The summed E-state index contributed by atoms with van der Waals surface area (Å²) < 4.78 is 5.68. The van der Waals surface area contributed by atoms with E-state index in [0.29, 0.717) is 0 Å². The molecule has 0 radical (unpaired) electrons. The highest BCUT2D eigenvalue weighted by Crippen LogP contribution is 2.25. The van der Waals surface area contributed by atoms with Gasteiger partial charge in [-0.2, -0.15) is 4.58 Å². The van der Waals surface area contributed by atoms with Crippen LogP contribution in [0.4, 0.5) is 5.69 Å². The summed E-state index contributed by atoms with van der Waals surface area (Å²) in [4.78, 5) is 0. The summed E-state index contributed by atoms with van der Waals surface area (Å²) in [5.74, 6) is 0. The third kappa shape index (κ3) is 1.73. The Labute approximate surface area is 119 Å². The summed E-state index contributed by atoms with van der Waals surface area (Å²) in [6.45, 7) is 0.863. The van der Waals surface area contributed by atoms with Crippen molar-refractivity contribution in [2.75, 3.05) is 0 Å². The topological polar surface area (TPSA) is 7.94 Å². The predicted octanol–water partition coefficient (Wildman–Crippen LogP) is 4.14. The minimum atomic E-state index is 0.863. The van der Waals surface area contributed by atoms with Crippen molar-refractivity contribution in [3.05, 3.63) is 64.8 Å². The monoisotopic (exact) mass is 311 g/mol. The van der Waals surface area contributed by atoms with Gasteiger partial charge in [-0.1, -0.05) is 28.1 Å². The van der Waals surface area contributed by atoms with E-state index in [4.69, 9.17) is 0 Å². The van der Waals surface area contributed by atoms with Gasteiger partial charge in [-0.3, -0.25) is 4.57 Å². The molecule has 92 valence electrons. The fourth-order valence-electron chi connectivity index (χ4n) is 2.67. The molecule has 1 aromatic heterocycles. The zero-order chi connectivity index (χ0) is 12.8. The van der Waals surface area contributed by atoms with Crippen LogP contribution in [-0.4, -0.2) is 15.4 Å². The molecule has 0 amide bonds. The molecule has 0 spiro atoms. The van der Waals surface area contributed by atoms with E-state index in [1.54, 1.807) is 0 Å². The van der Waals surface area contributed by atoms with Crippen molar-refractivity contribution in [3.63, 3.8) is 0 Å². The molecule has 0 N–H and O–H groups in total. The standard InChI is InChI=1S/C16H12BrN2/c17-14-4-6-15(7-5-14)19-10-13-3-1-2-12-8-9-18(11-19)16(12)13/h1-10H,11H2/q+1. The smallest absolute Gasteiger partial charge is 0.228 e. The Morgan fingerprint density at radius 3 is 2.68 bits per heavy atom.